The van der Waals surface area contributed by atoms with Crippen molar-refractivity contribution in [2.75, 3.05) is 24.7 Å². The molecule has 2 heterocycles. The predicted molar refractivity (Wildman–Crippen MR) is 86.0 cm³/mol. The molecule has 1 aromatic carbocycles. The number of benzene rings is 1. The van der Waals surface area contributed by atoms with Gasteiger partial charge < -0.3 is 9.64 Å². The summed E-state index contributed by atoms with van der Waals surface area (Å²) >= 11 is 0. The molecule has 0 spiro atoms. The smallest absolute Gasteiger partial charge is 0.290 e. The standard InChI is InChI=1S/C16H20N4O3/c1-11-10-19(8-9-23-11)16(22)14-17-12(2)15(21)20(18-14)13-6-4-3-5-7-13/h3-7,11-12H,8-10H2,1-2H3,(H,17,18)/t11-,12-/m0/s1. The first-order valence-corrected chi connectivity index (χ1v) is 7.70. The van der Waals surface area contributed by atoms with Crippen LogP contribution in [-0.4, -0.2) is 54.4 Å². The number of hydrogen-bond donors (Lipinski definition) is 1. The van der Waals surface area contributed by atoms with Crippen molar-refractivity contribution < 1.29 is 14.3 Å². The fraction of sp³-hybridized carbons (Fsp3) is 0.438. The first kappa shape index (κ1) is 15.5. The van der Waals surface area contributed by atoms with Crippen LogP contribution in [0.3, 0.4) is 0 Å². The Morgan fingerprint density at radius 2 is 2.04 bits per heavy atom. The molecule has 0 aliphatic carbocycles. The summed E-state index contributed by atoms with van der Waals surface area (Å²) < 4.78 is 5.46. The summed E-state index contributed by atoms with van der Waals surface area (Å²) in [4.78, 5) is 30.9. The Hall–Kier alpha value is -2.41. The topological polar surface area (TPSA) is 74.2 Å². The number of morpholine rings is 1. The van der Waals surface area contributed by atoms with Gasteiger partial charge >= 0.3 is 0 Å². The summed E-state index contributed by atoms with van der Waals surface area (Å²) in [5.74, 6) is -0.210. The van der Waals surface area contributed by atoms with Crippen LogP contribution in [0.15, 0.2) is 35.3 Å². The van der Waals surface area contributed by atoms with Crippen molar-refractivity contribution in [3.8, 4) is 0 Å². The third-order valence-corrected chi connectivity index (χ3v) is 3.86. The quantitative estimate of drug-likeness (QED) is 0.866. The van der Waals surface area contributed by atoms with Crippen LogP contribution in [0.4, 0.5) is 5.69 Å². The summed E-state index contributed by atoms with van der Waals surface area (Å²) in [6, 6.07) is 8.56. The summed E-state index contributed by atoms with van der Waals surface area (Å²) in [6.45, 7) is 5.17. The second-order valence-corrected chi connectivity index (χ2v) is 5.71. The van der Waals surface area contributed by atoms with Crippen molar-refractivity contribution in [3.05, 3.63) is 30.3 Å². The van der Waals surface area contributed by atoms with Gasteiger partial charge in [0.1, 0.15) is 6.04 Å². The number of para-hydroxylation sites is 1. The van der Waals surface area contributed by atoms with E-state index in [0.29, 0.717) is 25.4 Å². The molecule has 0 saturated carbocycles. The molecule has 2 aliphatic rings. The average molecular weight is 316 g/mol. The van der Waals surface area contributed by atoms with E-state index >= 15 is 0 Å². The van der Waals surface area contributed by atoms with E-state index in [9.17, 15) is 9.59 Å². The van der Waals surface area contributed by atoms with E-state index in [2.05, 4.69) is 10.4 Å². The molecule has 7 nitrogen and oxygen atoms in total. The van der Waals surface area contributed by atoms with E-state index in [0.717, 1.165) is 0 Å². The number of carbonyl (C=O) groups is 2. The SMILES string of the molecule is C[C@@H]1N=C(C(=O)N2CCO[C@@H](C)C2)NN(c2ccccc2)C1=O. The third-order valence-electron chi connectivity index (χ3n) is 3.86. The number of rotatable bonds is 2. The largest absolute Gasteiger partial charge is 0.375 e. The molecule has 0 bridgehead atoms. The van der Waals surface area contributed by atoms with Crippen LogP contribution in [0.5, 0.6) is 0 Å². The van der Waals surface area contributed by atoms with E-state index in [1.54, 1.807) is 11.8 Å². The molecule has 23 heavy (non-hydrogen) atoms. The normalized spacial score (nSPS) is 25.0. The number of nitrogens with zero attached hydrogens (tertiary/aromatic N) is 3. The summed E-state index contributed by atoms with van der Waals surface area (Å²) in [5.41, 5.74) is 3.54. The molecule has 3 rings (SSSR count). The molecule has 1 aromatic rings. The van der Waals surface area contributed by atoms with E-state index in [1.807, 2.05) is 37.3 Å². The number of nitrogens with one attached hydrogen (secondary N) is 1. The van der Waals surface area contributed by atoms with Crippen LogP contribution in [0.1, 0.15) is 13.8 Å². The Labute approximate surface area is 134 Å². The Balaban J connectivity index is 1.81. The van der Waals surface area contributed by atoms with Crippen molar-refractivity contribution in [2.45, 2.75) is 26.0 Å². The monoisotopic (exact) mass is 316 g/mol. The minimum absolute atomic E-state index is 0.00109. The van der Waals surface area contributed by atoms with Crippen molar-refractivity contribution in [1.29, 1.82) is 0 Å². The van der Waals surface area contributed by atoms with Crippen LogP contribution < -0.4 is 10.4 Å². The van der Waals surface area contributed by atoms with Crippen LogP contribution in [-0.2, 0) is 14.3 Å². The summed E-state index contributed by atoms with van der Waals surface area (Å²) in [5, 5.41) is 1.38. The van der Waals surface area contributed by atoms with Crippen LogP contribution in [0.25, 0.3) is 0 Å². The molecule has 2 aliphatic heterocycles. The molecule has 122 valence electrons. The molecule has 2 atom stereocenters. The fourth-order valence-electron chi connectivity index (χ4n) is 2.65. The molecular formula is C16H20N4O3. The van der Waals surface area contributed by atoms with Gasteiger partial charge in [-0.3, -0.25) is 15.0 Å². The van der Waals surface area contributed by atoms with Gasteiger partial charge in [0.2, 0.25) is 5.84 Å². The minimum Gasteiger partial charge on any atom is -0.375 e. The fourth-order valence-corrected chi connectivity index (χ4v) is 2.65. The van der Waals surface area contributed by atoms with E-state index in [1.165, 1.54) is 5.01 Å². The van der Waals surface area contributed by atoms with E-state index in [-0.39, 0.29) is 23.8 Å². The number of ether oxygens (including phenoxy) is 1. The molecule has 1 saturated heterocycles. The average Bonchev–Trinajstić information content (AvgIpc) is 2.57. The molecule has 0 unspecified atom stereocenters. The number of hydrogen-bond acceptors (Lipinski definition) is 5. The molecular weight excluding hydrogens is 296 g/mol. The minimum atomic E-state index is -0.603. The van der Waals surface area contributed by atoms with E-state index in [4.69, 9.17) is 4.74 Å². The van der Waals surface area contributed by atoms with Gasteiger partial charge in [-0.25, -0.2) is 10.0 Å². The van der Waals surface area contributed by atoms with Crippen molar-refractivity contribution in [3.63, 3.8) is 0 Å². The lowest BCUT2D eigenvalue weighted by atomic mass is 10.2. The molecule has 2 amide bonds. The lowest BCUT2D eigenvalue weighted by Gasteiger charge is -2.35. The highest BCUT2D eigenvalue weighted by Gasteiger charge is 2.33. The zero-order valence-corrected chi connectivity index (χ0v) is 13.2. The number of amidine groups is 1. The predicted octanol–water partition coefficient (Wildman–Crippen LogP) is 0.572. The number of carbonyl (C=O) groups excluding carboxylic acids is 2. The summed E-state index contributed by atoms with van der Waals surface area (Å²) in [7, 11) is 0. The van der Waals surface area contributed by atoms with E-state index < -0.39 is 6.04 Å². The number of aliphatic imine (C=N–C) groups is 1. The second kappa shape index (κ2) is 6.37. The van der Waals surface area contributed by atoms with Crippen LogP contribution in [0.2, 0.25) is 0 Å². The maximum absolute atomic E-state index is 12.7. The Morgan fingerprint density at radius 1 is 1.30 bits per heavy atom. The number of hydrazine groups is 1. The maximum atomic E-state index is 12.7. The van der Waals surface area contributed by atoms with Crippen LogP contribution in [0, 0.1) is 0 Å². The van der Waals surface area contributed by atoms with Gasteiger partial charge in [-0.05, 0) is 26.0 Å². The lowest BCUT2D eigenvalue weighted by molar-refractivity contribution is -0.131. The second-order valence-electron chi connectivity index (χ2n) is 5.71. The highest BCUT2D eigenvalue weighted by atomic mass is 16.5. The Bertz CT molecular complexity index is 631. The van der Waals surface area contributed by atoms with Crippen molar-refractivity contribution >= 4 is 23.3 Å². The molecule has 0 radical (unpaired) electrons. The number of anilines is 1. The van der Waals surface area contributed by atoms with Gasteiger partial charge in [-0.15, -0.1) is 0 Å². The van der Waals surface area contributed by atoms with Gasteiger partial charge in [0.25, 0.3) is 11.8 Å². The van der Waals surface area contributed by atoms with Crippen molar-refractivity contribution in [2.24, 2.45) is 4.99 Å². The Morgan fingerprint density at radius 3 is 2.74 bits per heavy atom. The van der Waals surface area contributed by atoms with Crippen molar-refractivity contribution in [1.82, 2.24) is 10.3 Å². The van der Waals surface area contributed by atoms with Gasteiger partial charge in [0.05, 0.1) is 18.4 Å². The molecule has 0 aromatic heterocycles. The lowest BCUT2D eigenvalue weighted by Crippen LogP contribution is -2.59. The van der Waals surface area contributed by atoms with Gasteiger partial charge in [0.15, 0.2) is 0 Å². The van der Waals surface area contributed by atoms with Gasteiger partial charge in [-0.1, -0.05) is 18.2 Å². The zero-order valence-electron chi connectivity index (χ0n) is 13.2. The van der Waals surface area contributed by atoms with Crippen LogP contribution >= 0.6 is 0 Å². The summed E-state index contributed by atoms with van der Waals surface area (Å²) in [6.07, 6.45) is 0.00109. The highest BCUT2D eigenvalue weighted by Crippen LogP contribution is 2.16. The highest BCUT2D eigenvalue weighted by molar-refractivity contribution is 6.39. The molecule has 1 fully saturated rings. The molecule has 7 heteroatoms. The first-order valence-electron chi connectivity index (χ1n) is 7.70. The Kier molecular flexibility index (Phi) is 4.29. The van der Waals surface area contributed by atoms with Gasteiger partial charge in [0, 0.05) is 13.1 Å². The zero-order chi connectivity index (χ0) is 16.4. The molecule has 1 N–H and O–H groups in total. The van der Waals surface area contributed by atoms with Gasteiger partial charge in [-0.2, -0.15) is 0 Å². The first-order chi connectivity index (χ1) is 11.1. The number of amides is 2. The maximum Gasteiger partial charge on any atom is 0.290 e. The third kappa shape index (κ3) is 3.19.